The fourth-order valence-electron chi connectivity index (χ4n) is 2.17. The molecule has 0 amide bonds. The van der Waals surface area contributed by atoms with Crippen molar-refractivity contribution in [3.8, 4) is 0 Å². The van der Waals surface area contributed by atoms with Gasteiger partial charge in [-0.25, -0.2) is 0 Å². The summed E-state index contributed by atoms with van der Waals surface area (Å²) in [5.41, 5.74) is 8.10. The number of carbonyl (C=O) groups is 1. The van der Waals surface area contributed by atoms with Crippen LogP contribution in [0.4, 0.5) is 0 Å². The van der Waals surface area contributed by atoms with Crippen LogP contribution in [0.1, 0.15) is 32.1 Å². The van der Waals surface area contributed by atoms with Gasteiger partial charge in [-0.2, -0.15) is 0 Å². The summed E-state index contributed by atoms with van der Waals surface area (Å²) in [6, 6.07) is 0.143. The predicted molar refractivity (Wildman–Crippen MR) is 64.6 cm³/mol. The molecule has 1 atom stereocenters. The molecule has 0 aromatic carbocycles. The van der Waals surface area contributed by atoms with Crippen LogP contribution < -0.4 is 0 Å². The zero-order valence-electron chi connectivity index (χ0n) is 10.1. The van der Waals surface area contributed by atoms with Gasteiger partial charge in [0.2, 0.25) is 0 Å². The topological polar surface area (TPSA) is 89.3 Å². The second-order valence-corrected chi connectivity index (χ2v) is 4.40. The third-order valence-corrected chi connectivity index (χ3v) is 3.12. The normalized spacial score (nSPS) is 20.9. The number of hydrogen-bond donors (Lipinski definition) is 1. The van der Waals surface area contributed by atoms with Gasteiger partial charge in [-0.15, -0.1) is 0 Å². The summed E-state index contributed by atoms with van der Waals surface area (Å²) >= 11 is 0. The van der Waals surface area contributed by atoms with Gasteiger partial charge in [0.15, 0.2) is 0 Å². The van der Waals surface area contributed by atoms with E-state index in [1.807, 2.05) is 0 Å². The van der Waals surface area contributed by atoms with Crippen molar-refractivity contribution < 1.29 is 9.90 Å². The molecule has 0 saturated carbocycles. The summed E-state index contributed by atoms with van der Waals surface area (Å²) in [6.45, 7) is 1.83. The van der Waals surface area contributed by atoms with Crippen LogP contribution in [0.5, 0.6) is 0 Å². The van der Waals surface area contributed by atoms with E-state index >= 15 is 0 Å². The van der Waals surface area contributed by atoms with Gasteiger partial charge in [0.25, 0.3) is 0 Å². The van der Waals surface area contributed by atoms with Gasteiger partial charge in [-0.1, -0.05) is 11.5 Å². The Morgan fingerprint density at radius 2 is 2.35 bits per heavy atom. The van der Waals surface area contributed by atoms with Crippen molar-refractivity contribution in [1.82, 2.24) is 4.90 Å². The molecule has 1 N–H and O–H groups in total. The Kier molecular flexibility index (Phi) is 6.62. The lowest BCUT2D eigenvalue weighted by Crippen LogP contribution is -2.44. The fourth-order valence-corrected chi connectivity index (χ4v) is 2.17. The molecular weight excluding hydrogens is 220 g/mol. The van der Waals surface area contributed by atoms with Gasteiger partial charge < -0.3 is 5.11 Å². The number of nitrogens with zero attached hydrogens (tertiary/aromatic N) is 4. The molecular formula is C11H20N4O2. The van der Waals surface area contributed by atoms with Crippen LogP contribution >= 0.6 is 0 Å². The Labute approximate surface area is 101 Å². The van der Waals surface area contributed by atoms with Crippen LogP contribution in [0, 0.1) is 0 Å². The summed E-state index contributed by atoms with van der Waals surface area (Å²) in [4.78, 5) is 16.4. The van der Waals surface area contributed by atoms with E-state index in [9.17, 15) is 9.90 Å². The van der Waals surface area contributed by atoms with Crippen LogP contribution in [-0.4, -0.2) is 48.1 Å². The molecule has 6 nitrogen and oxygen atoms in total. The largest absolute Gasteiger partial charge is 0.395 e. The molecule has 0 aromatic rings. The van der Waals surface area contributed by atoms with Gasteiger partial charge in [0.05, 0.1) is 13.2 Å². The number of ketones is 1. The first kappa shape index (κ1) is 14.0. The van der Waals surface area contributed by atoms with Gasteiger partial charge in [-0.3, -0.25) is 9.69 Å². The van der Waals surface area contributed by atoms with Gasteiger partial charge in [0, 0.05) is 23.9 Å². The highest BCUT2D eigenvalue weighted by Crippen LogP contribution is 2.16. The molecule has 1 saturated heterocycles. The molecule has 0 radical (unpaired) electrons. The van der Waals surface area contributed by atoms with E-state index in [0.29, 0.717) is 25.9 Å². The highest BCUT2D eigenvalue weighted by Gasteiger charge is 2.22. The fraction of sp³-hybridized carbons (Fsp3) is 0.909. The molecule has 0 aromatic heterocycles. The van der Waals surface area contributed by atoms with Crippen LogP contribution in [0.25, 0.3) is 10.4 Å². The molecule has 1 rings (SSSR count). The van der Waals surface area contributed by atoms with Crippen molar-refractivity contribution in [2.45, 2.75) is 38.1 Å². The standard InChI is InChI=1S/C11H20N4O2/c12-14-13-6-3-5-11(17)8-15-7-2-1-4-10(15)9-16/h10,16H,1-9H2. The maximum absolute atomic E-state index is 11.7. The van der Waals surface area contributed by atoms with Crippen LogP contribution in [0.15, 0.2) is 5.11 Å². The Bertz CT molecular complexity index is 289. The van der Waals surface area contributed by atoms with Gasteiger partial charge >= 0.3 is 0 Å². The Balaban J connectivity index is 2.26. The molecule has 6 heteroatoms. The molecule has 0 bridgehead atoms. The number of rotatable bonds is 7. The van der Waals surface area contributed by atoms with Crippen molar-refractivity contribution in [2.75, 3.05) is 26.2 Å². The van der Waals surface area contributed by atoms with Crippen molar-refractivity contribution in [3.63, 3.8) is 0 Å². The number of aliphatic hydroxyl groups excluding tert-OH is 1. The number of likely N-dealkylation sites (tertiary alicyclic amines) is 1. The van der Waals surface area contributed by atoms with Crippen LogP contribution in [0.3, 0.4) is 0 Å². The Hall–Kier alpha value is -1.10. The molecule has 17 heavy (non-hydrogen) atoms. The smallest absolute Gasteiger partial charge is 0.146 e. The second kappa shape index (κ2) is 8.06. The first-order valence-corrected chi connectivity index (χ1v) is 6.15. The summed E-state index contributed by atoms with van der Waals surface area (Å²) in [6.07, 6.45) is 4.27. The first-order valence-electron chi connectivity index (χ1n) is 6.15. The Morgan fingerprint density at radius 1 is 1.53 bits per heavy atom. The minimum Gasteiger partial charge on any atom is -0.395 e. The van der Waals surface area contributed by atoms with E-state index in [1.165, 1.54) is 0 Å². The van der Waals surface area contributed by atoms with E-state index in [2.05, 4.69) is 14.9 Å². The molecule has 1 unspecified atom stereocenters. The van der Waals surface area contributed by atoms with E-state index in [4.69, 9.17) is 5.53 Å². The summed E-state index contributed by atoms with van der Waals surface area (Å²) < 4.78 is 0. The molecule has 1 aliphatic rings. The SMILES string of the molecule is [N-]=[N+]=NCCCC(=O)CN1CCCCC1CO. The van der Waals surface area contributed by atoms with Crippen LogP contribution in [-0.2, 0) is 4.79 Å². The summed E-state index contributed by atoms with van der Waals surface area (Å²) in [5.74, 6) is 0.165. The zero-order valence-corrected chi connectivity index (χ0v) is 10.1. The minimum atomic E-state index is 0.131. The number of aliphatic hydroxyl groups is 1. The predicted octanol–water partition coefficient (Wildman–Crippen LogP) is 1.49. The maximum atomic E-state index is 11.7. The van der Waals surface area contributed by atoms with Crippen molar-refractivity contribution in [2.24, 2.45) is 5.11 Å². The Morgan fingerprint density at radius 3 is 3.06 bits per heavy atom. The van der Waals surface area contributed by atoms with Gasteiger partial charge in [0.1, 0.15) is 5.78 Å². The zero-order chi connectivity index (χ0) is 12.5. The highest BCUT2D eigenvalue weighted by atomic mass is 16.3. The van der Waals surface area contributed by atoms with Gasteiger partial charge in [-0.05, 0) is 31.3 Å². The van der Waals surface area contributed by atoms with E-state index < -0.39 is 0 Å². The lowest BCUT2D eigenvalue weighted by molar-refractivity contribution is -0.121. The molecule has 1 fully saturated rings. The second-order valence-electron chi connectivity index (χ2n) is 4.40. The van der Waals surface area contributed by atoms with Crippen molar-refractivity contribution >= 4 is 5.78 Å². The van der Waals surface area contributed by atoms with E-state index in [-0.39, 0.29) is 18.4 Å². The lowest BCUT2D eigenvalue weighted by Gasteiger charge is -2.33. The van der Waals surface area contributed by atoms with E-state index in [1.54, 1.807) is 0 Å². The number of carbonyl (C=O) groups excluding carboxylic acids is 1. The number of azide groups is 1. The summed E-state index contributed by atoms with van der Waals surface area (Å²) in [7, 11) is 0. The number of piperidine rings is 1. The third kappa shape index (κ3) is 5.17. The molecule has 1 aliphatic heterocycles. The maximum Gasteiger partial charge on any atom is 0.146 e. The molecule has 0 spiro atoms. The molecule has 96 valence electrons. The number of hydrogen-bond acceptors (Lipinski definition) is 4. The first-order chi connectivity index (χ1) is 8.27. The van der Waals surface area contributed by atoms with Crippen LogP contribution in [0.2, 0.25) is 0 Å². The average molecular weight is 240 g/mol. The van der Waals surface area contributed by atoms with Crippen molar-refractivity contribution in [3.05, 3.63) is 10.4 Å². The van der Waals surface area contributed by atoms with Crippen molar-refractivity contribution in [1.29, 1.82) is 0 Å². The minimum absolute atomic E-state index is 0.131. The van der Waals surface area contributed by atoms with E-state index in [0.717, 1.165) is 25.8 Å². The number of Topliss-reactive ketones (excluding diaryl/α,β-unsaturated/α-hetero) is 1. The monoisotopic (exact) mass is 240 g/mol. The lowest BCUT2D eigenvalue weighted by atomic mass is 10.0. The molecule has 0 aliphatic carbocycles. The third-order valence-electron chi connectivity index (χ3n) is 3.12. The quantitative estimate of drug-likeness (QED) is 0.316. The average Bonchev–Trinajstić information content (AvgIpc) is 2.35. The highest BCUT2D eigenvalue weighted by molar-refractivity contribution is 5.80. The summed E-state index contributed by atoms with van der Waals surface area (Å²) in [5, 5.41) is 12.6. The molecule has 1 heterocycles.